The van der Waals surface area contributed by atoms with Gasteiger partial charge in [0.05, 0.1) is 0 Å². The Morgan fingerprint density at radius 2 is 2.38 bits per heavy atom. The summed E-state index contributed by atoms with van der Waals surface area (Å²) < 4.78 is 2.08. The van der Waals surface area contributed by atoms with Gasteiger partial charge in [0.15, 0.2) is 0 Å². The van der Waals surface area contributed by atoms with E-state index in [1.54, 1.807) is 0 Å². The van der Waals surface area contributed by atoms with Gasteiger partial charge in [0, 0.05) is 37.8 Å². The van der Waals surface area contributed by atoms with Gasteiger partial charge in [-0.1, -0.05) is 0 Å². The monoisotopic (exact) mass is 198 g/mol. The van der Waals surface area contributed by atoms with Crippen molar-refractivity contribution in [3.63, 3.8) is 0 Å². The maximum atomic E-state index is 3.48. The van der Waals surface area contributed by atoms with Gasteiger partial charge >= 0.3 is 0 Å². The number of nitrogens with zero attached hydrogens (tertiary/aromatic N) is 1. The number of thioether (sulfide) groups is 1. The predicted molar refractivity (Wildman–Crippen MR) is 60.1 cm³/mol. The molecule has 0 spiro atoms. The third-order valence-corrected chi connectivity index (χ3v) is 2.80. The highest BCUT2D eigenvalue weighted by Crippen LogP contribution is 2.01. The fourth-order valence-corrected chi connectivity index (χ4v) is 1.88. The van der Waals surface area contributed by atoms with Crippen LogP contribution in [0.2, 0.25) is 0 Å². The zero-order valence-corrected chi connectivity index (χ0v) is 9.40. The van der Waals surface area contributed by atoms with Gasteiger partial charge in [0.2, 0.25) is 0 Å². The normalized spacial score (nSPS) is 13.2. The molecule has 1 aromatic heterocycles. The van der Waals surface area contributed by atoms with Crippen molar-refractivity contribution in [1.29, 1.82) is 0 Å². The SMILES string of the molecule is CSCC(C)NCc1ccn(C)c1. The highest BCUT2D eigenvalue weighted by Gasteiger charge is 2.00. The zero-order chi connectivity index (χ0) is 9.68. The van der Waals surface area contributed by atoms with E-state index in [2.05, 4.69) is 48.6 Å². The molecule has 0 aliphatic carbocycles. The molecular weight excluding hydrogens is 180 g/mol. The molecule has 0 fully saturated rings. The minimum atomic E-state index is 0.593. The van der Waals surface area contributed by atoms with Gasteiger partial charge in [-0.25, -0.2) is 0 Å². The molecule has 0 radical (unpaired) electrons. The van der Waals surface area contributed by atoms with E-state index >= 15 is 0 Å². The fourth-order valence-electron chi connectivity index (χ4n) is 1.27. The molecule has 0 aliphatic rings. The number of hydrogen-bond acceptors (Lipinski definition) is 2. The summed E-state index contributed by atoms with van der Waals surface area (Å²) in [6, 6.07) is 2.74. The molecule has 0 saturated carbocycles. The Kier molecular flexibility index (Phi) is 4.39. The largest absolute Gasteiger partial charge is 0.357 e. The molecule has 13 heavy (non-hydrogen) atoms. The molecule has 1 atom stereocenters. The Bertz CT molecular complexity index is 245. The van der Waals surface area contributed by atoms with Crippen molar-refractivity contribution < 1.29 is 0 Å². The number of hydrogen-bond donors (Lipinski definition) is 1. The van der Waals surface area contributed by atoms with E-state index in [9.17, 15) is 0 Å². The van der Waals surface area contributed by atoms with Crippen LogP contribution in [-0.2, 0) is 13.6 Å². The Morgan fingerprint density at radius 3 is 2.92 bits per heavy atom. The molecule has 1 rings (SSSR count). The molecule has 0 saturated heterocycles. The third kappa shape index (κ3) is 3.87. The first kappa shape index (κ1) is 10.7. The van der Waals surface area contributed by atoms with Crippen LogP contribution < -0.4 is 5.32 Å². The van der Waals surface area contributed by atoms with Crippen LogP contribution in [0.5, 0.6) is 0 Å². The van der Waals surface area contributed by atoms with Crippen molar-refractivity contribution in [2.24, 2.45) is 7.05 Å². The fraction of sp³-hybridized carbons (Fsp3) is 0.600. The van der Waals surface area contributed by atoms with Crippen LogP contribution in [0.1, 0.15) is 12.5 Å². The van der Waals surface area contributed by atoms with Crippen LogP contribution in [-0.4, -0.2) is 22.6 Å². The van der Waals surface area contributed by atoms with Crippen molar-refractivity contribution in [3.8, 4) is 0 Å². The molecule has 2 nitrogen and oxygen atoms in total. The lowest BCUT2D eigenvalue weighted by atomic mass is 10.3. The summed E-state index contributed by atoms with van der Waals surface area (Å²) in [6.45, 7) is 3.20. The average molecular weight is 198 g/mol. The highest BCUT2D eigenvalue weighted by molar-refractivity contribution is 7.98. The number of rotatable bonds is 5. The maximum Gasteiger partial charge on any atom is 0.0223 e. The summed E-state index contributed by atoms with van der Waals surface area (Å²) in [6.07, 6.45) is 6.37. The lowest BCUT2D eigenvalue weighted by Gasteiger charge is -2.10. The smallest absolute Gasteiger partial charge is 0.0223 e. The summed E-state index contributed by atoms with van der Waals surface area (Å²) in [5.41, 5.74) is 1.36. The van der Waals surface area contributed by atoms with Crippen LogP contribution >= 0.6 is 11.8 Å². The van der Waals surface area contributed by atoms with Gasteiger partial charge in [-0.2, -0.15) is 11.8 Å². The molecule has 1 heterocycles. The van der Waals surface area contributed by atoms with Crippen molar-refractivity contribution in [2.75, 3.05) is 12.0 Å². The lowest BCUT2D eigenvalue weighted by Crippen LogP contribution is -2.27. The molecule has 0 bridgehead atoms. The Labute approximate surface area is 84.7 Å². The molecule has 74 valence electrons. The number of aryl methyl sites for hydroxylation is 1. The minimum Gasteiger partial charge on any atom is -0.357 e. The van der Waals surface area contributed by atoms with E-state index < -0.39 is 0 Å². The maximum absolute atomic E-state index is 3.48. The van der Waals surface area contributed by atoms with Crippen LogP contribution in [0.3, 0.4) is 0 Å². The summed E-state index contributed by atoms with van der Waals surface area (Å²) in [4.78, 5) is 0. The lowest BCUT2D eigenvalue weighted by molar-refractivity contribution is 0.596. The van der Waals surface area contributed by atoms with E-state index in [1.165, 1.54) is 11.3 Å². The summed E-state index contributed by atoms with van der Waals surface area (Å²) >= 11 is 1.88. The summed E-state index contributed by atoms with van der Waals surface area (Å²) in [7, 11) is 2.05. The van der Waals surface area contributed by atoms with Crippen LogP contribution in [0.4, 0.5) is 0 Å². The molecule has 1 unspecified atom stereocenters. The number of aromatic nitrogens is 1. The van der Waals surface area contributed by atoms with Crippen molar-refractivity contribution >= 4 is 11.8 Å². The van der Waals surface area contributed by atoms with Gasteiger partial charge in [-0.3, -0.25) is 0 Å². The average Bonchev–Trinajstić information content (AvgIpc) is 2.49. The molecule has 1 aromatic rings. The molecule has 0 amide bonds. The first-order chi connectivity index (χ1) is 6.22. The summed E-state index contributed by atoms with van der Waals surface area (Å²) in [5.74, 6) is 1.17. The zero-order valence-electron chi connectivity index (χ0n) is 8.58. The minimum absolute atomic E-state index is 0.593. The predicted octanol–water partition coefficient (Wildman–Crippen LogP) is 1.87. The number of nitrogens with one attached hydrogen (secondary N) is 1. The van der Waals surface area contributed by atoms with E-state index in [0.29, 0.717) is 6.04 Å². The molecule has 0 aliphatic heterocycles. The van der Waals surface area contributed by atoms with Crippen LogP contribution in [0.25, 0.3) is 0 Å². The topological polar surface area (TPSA) is 17.0 Å². The van der Waals surface area contributed by atoms with Crippen LogP contribution in [0.15, 0.2) is 18.5 Å². The second kappa shape index (κ2) is 5.35. The van der Waals surface area contributed by atoms with Crippen molar-refractivity contribution in [1.82, 2.24) is 9.88 Å². The van der Waals surface area contributed by atoms with Gasteiger partial charge in [0.1, 0.15) is 0 Å². The molecule has 1 N–H and O–H groups in total. The van der Waals surface area contributed by atoms with Crippen molar-refractivity contribution in [3.05, 3.63) is 24.0 Å². The van der Waals surface area contributed by atoms with Gasteiger partial charge < -0.3 is 9.88 Å². The van der Waals surface area contributed by atoms with E-state index in [-0.39, 0.29) is 0 Å². The van der Waals surface area contributed by atoms with Crippen molar-refractivity contribution in [2.45, 2.75) is 19.5 Å². The highest BCUT2D eigenvalue weighted by atomic mass is 32.2. The Balaban J connectivity index is 2.26. The third-order valence-electron chi connectivity index (χ3n) is 1.96. The summed E-state index contributed by atoms with van der Waals surface area (Å²) in [5, 5.41) is 3.48. The first-order valence-corrected chi connectivity index (χ1v) is 5.95. The van der Waals surface area contributed by atoms with Crippen LogP contribution in [0, 0.1) is 0 Å². The Morgan fingerprint density at radius 1 is 1.62 bits per heavy atom. The molecule has 0 aromatic carbocycles. The molecular formula is C10H18N2S. The van der Waals surface area contributed by atoms with E-state index in [4.69, 9.17) is 0 Å². The van der Waals surface area contributed by atoms with Gasteiger partial charge in [-0.15, -0.1) is 0 Å². The second-order valence-electron chi connectivity index (χ2n) is 3.42. The van der Waals surface area contributed by atoms with Gasteiger partial charge in [0.25, 0.3) is 0 Å². The molecule has 3 heteroatoms. The second-order valence-corrected chi connectivity index (χ2v) is 4.33. The van der Waals surface area contributed by atoms with E-state index in [0.717, 1.165) is 6.54 Å². The standard InChI is InChI=1S/C10H18N2S/c1-9(8-13-3)11-6-10-4-5-12(2)7-10/h4-5,7,9,11H,6,8H2,1-3H3. The first-order valence-electron chi connectivity index (χ1n) is 4.55. The van der Waals surface area contributed by atoms with Gasteiger partial charge in [-0.05, 0) is 24.8 Å². The quantitative estimate of drug-likeness (QED) is 0.778. The van der Waals surface area contributed by atoms with E-state index in [1.807, 2.05) is 11.8 Å². The Hall–Kier alpha value is -0.410.